The van der Waals surface area contributed by atoms with E-state index in [1.165, 1.54) is 16.1 Å². The van der Waals surface area contributed by atoms with Crippen LogP contribution < -0.4 is 15.9 Å². The Bertz CT molecular complexity index is 1590. The maximum Gasteiger partial charge on any atom is 0.0722 e. The van der Waals surface area contributed by atoms with Crippen LogP contribution in [0, 0.1) is 0 Å². The van der Waals surface area contributed by atoms with Crippen molar-refractivity contribution in [1.29, 1.82) is 0 Å². The number of aromatic nitrogens is 2. The summed E-state index contributed by atoms with van der Waals surface area (Å²) < 4.78 is 2.32. The van der Waals surface area contributed by atoms with Crippen molar-refractivity contribution in [2.24, 2.45) is 0 Å². The van der Waals surface area contributed by atoms with Gasteiger partial charge in [-0.25, -0.2) is 0 Å². The molecule has 3 nitrogen and oxygen atoms in total. The van der Waals surface area contributed by atoms with E-state index in [4.69, 9.17) is 0 Å². The van der Waals surface area contributed by atoms with E-state index in [1.54, 1.807) is 0 Å². The van der Waals surface area contributed by atoms with Gasteiger partial charge in [0.1, 0.15) is 0 Å². The van der Waals surface area contributed by atoms with Crippen molar-refractivity contribution in [3.8, 4) is 16.9 Å². The van der Waals surface area contributed by atoms with Crippen molar-refractivity contribution in [2.75, 3.05) is 12.4 Å². The van der Waals surface area contributed by atoms with Crippen molar-refractivity contribution in [3.63, 3.8) is 0 Å². The van der Waals surface area contributed by atoms with Gasteiger partial charge in [-0.15, -0.1) is 0 Å². The summed E-state index contributed by atoms with van der Waals surface area (Å²) in [6, 6.07) is 31.3. The molecule has 5 rings (SSSR count). The third kappa shape index (κ3) is 3.71. The highest BCUT2D eigenvalue weighted by atomic mass is 15.0. The number of nitrogens with one attached hydrogen (secondary N) is 1. The zero-order valence-electron chi connectivity index (χ0n) is 19.5. The van der Waals surface area contributed by atoms with E-state index in [-0.39, 0.29) is 0 Å². The minimum absolute atomic E-state index is 0.933. The highest BCUT2D eigenvalue weighted by Crippen LogP contribution is 2.33. The average molecular weight is 442 g/mol. The molecule has 5 aromatic rings. The summed E-state index contributed by atoms with van der Waals surface area (Å²) in [5.74, 6) is 0. The third-order valence-corrected chi connectivity index (χ3v) is 6.17. The van der Waals surface area contributed by atoms with Crippen molar-refractivity contribution in [1.82, 2.24) is 9.55 Å². The summed E-state index contributed by atoms with van der Waals surface area (Å²) in [6.07, 6.45) is 6.20. The quantitative estimate of drug-likeness (QED) is 0.361. The van der Waals surface area contributed by atoms with Crippen molar-refractivity contribution < 1.29 is 0 Å². The van der Waals surface area contributed by atoms with Crippen molar-refractivity contribution in [3.05, 3.63) is 120 Å². The summed E-state index contributed by atoms with van der Waals surface area (Å²) >= 11 is 0. The number of hydrogen-bond acceptors (Lipinski definition) is 2. The fraction of sp³-hybridized carbons (Fsp3) is 0.0645. The molecule has 3 heteroatoms. The smallest absolute Gasteiger partial charge is 0.0722 e. The normalized spacial score (nSPS) is 12.3. The Morgan fingerprint density at radius 3 is 2.38 bits per heavy atom. The molecule has 0 saturated carbocycles. The van der Waals surface area contributed by atoms with Gasteiger partial charge in [-0.2, -0.15) is 0 Å². The van der Waals surface area contributed by atoms with Crippen LogP contribution in [0.25, 0.3) is 45.6 Å². The van der Waals surface area contributed by atoms with E-state index in [9.17, 15) is 0 Å². The second kappa shape index (κ2) is 9.24. The standard InChI is InChI=1S/C31H27N3/c1-4-24-26-15-8-9-19-29(26)34(23-13-6-5-7-14-23)30(24)21-22(2)25-16-12-17-27(31(25)32-3)28-18-10-11-20-33-28/h4-21,32H,2H2,1,3H3/b24-4-,30-21+. The number of fused-ring (bicyclic) bond motifs is 1. The Balaban J connectivity index is 1.77. The second-order valence-electron chi connectivity index (χ2n) is 8.14. The van der Waals surface area contributed by atoms with Crippen molar-refractivity contribution >= 4 is 34.3 Å². The molecule has 0 spiro atoms. The molecule has 0 radical (unpaired) electrons. The largest absolute Gasteiger partial charge is 0.387 e. The van der Waals surface area contributed by atoms with Crippen LogP contribution in [0.5, 0.6) is 0 Å². The summed E-state index contributed by atoms with van der Waals surface area (Å²) in [4.78, 5) is 4.56. The number of anilines is 1. The van der Waals surface area contributed by atoms with Gasteiger partial charge in [0, 0.05) is 40.7 Å². The predicted molar refractivity (Wildman–Crippen MR) is 145 cm³/mol. The number of para-hydroxylation sites is 3. The Morgan fingerprint density at radius 2 is 1.65 bits per heavy atom. The molecule has 0 amide bonds. The maximum atomic E-state index is 4.56. The molecule has 0 aliphatic carbocycles. The van der Waals surface area contributed by atoms with Crippen LogP contribution in [0.3, 0.4) is 0 Å². The lowest BCUT2D eigenvalue weighted by molar-refractivity contribution is 1.07. The molecule has 2 aromatic heterocycles. The highest BCUT2D eigenvalue weighted by molar-refractivity contribution is 5.97. The van der Waals surface area contributed by atoms with Crippen LogP contribution in [0.1, 0.15) is 12.5 Å². The minimum atomic E-state index is 0.933. The fourth-order valence-corrected chi connectivity index (χ4v) is 4.65. The molecule has 0 fully saturated rings. The van der Waals surface area contributed by atoms with Gasteiger partial charge in [0.05, 0.1) is 22.2 Å². The van der Waals surface area contributed by atoms with E-state index < -0.39 is 0 Å². The van der Waals surface area contributed by atoms with Crippen LogP contribution in [0.4, 0.5) is 5.69 Å². The van der Waals surface area contributed by atoms with Gasteiger partial charge in [0.2, 0.25) is 0 Å². The minimum Gasteiger partial charge on any atom is -0.387 e. The molecule has 166 valence electrons. The first-order chi connectivity index (χ1) is 16.7. The van der Waals surface area contributed by atoms with E-state index in [0.717, 1.165) is 39.1 Å². The topological polar surface area (TPSA) is 29.9 Å². The molecule has 34 heavy (non-hydrogen) atoms. The average Bonchev–Trinajstić information content (AvgIpc) is 3.21. The van der Waals surface area contributed by atoms with Crippen LogP contribution >= 0.6 is 0 Å². The molecule has 0 aliphatic heterocycles. The molecular formula is C31H27N3. The van der Waals surface area contributed by atoms with Gasteiger partial charge in [0.25, 0.3) is 0 Å². The monoisotopic (exact) mass is 441 g/mol. The van der Waals surface area contributed by atoms with E-state index in [2.05, 4.69) is 107 Å². The molecule has 0 aliphatic rings. The van der Waals surface area contributed by atoms with E-state index in [1.807, 2.05) is 37.5 Å². The number of hydrogen-bond donors (Lipinski definition) is 1. The Morgan fingerprint density at radius 1 is 0.882 bits per heavy atom. The number of rotatable bonds is 5. The predicted octanol–water partition coefficient (Wildman–Crippen LogP) is 6.03. The van der Waals surface area contributed by atoms with Crippen LogP contribution in [-0.4, -0.2) is 16.6 Å². The molecule has 0 unspecified atom stereocenters. The van der Waals surface area contributed by atoms with Gasteiger partial charge < -0.3 is 9.88 Å². The van der Waals surface area contributed by atoms with Gasteiger partial charge >= 0.3 is 0 Å². The number of pyridine rings is 1. The first kappa shape index (κ1) is 21.5. The lowest BCUT2D eigenvalue weighted by Gasteiger charge is -2.15. The van der Waals surface area contributed by atoms with Gasteiger partial charge in [0.15, 0.2) is 0 Å². The first-order valence-corrected chi connectivity index (χ1v) is 11.5. The Hall–Kier alpha value is -4.37. The molecule has 0 bridgehead atoms. The van der Waals surface area contributed by atoms with Crippen LogP contribution in [-0.2, 0) is 0 Å². The first-order valence-electron chi connectivity index (χ1n) is 11.5. The SMILES string of the molecule is C=C(/C=c1\c(=C/C)c2ccccc2n1-c1ccccc1)c1cccc(-c2ccccn2)c1NC. The maximum absolute atomic E-state index is 4.56. The second-order valence-corrected chi connectivity index (χ2v) is 8.14. The van der Waals surface area contributed by atoms with Crippen LogP contribution in [0.2, 0.25) is 0 Å². The van der Waals surface area contributed by atoms with Gasteiger partial charge in [-0.05, 0) is 48.9 Å². The summed E-state index contributed by atoms with van der Waals surface area (Å²) in [7, 11) is 1.95. The molecule has 1 N–H and O–H groups in total. The lowest BCUT2D eigenvalue weighted by atomic mass is 9.98. The summed E-state index contributed by atoms with van der Waals surface area (Å²) in [6.45, 7) is 6.60. The lowest BCUT2D eigenvalue weighted by Crippen LogP contribution is -2.28. The molecule has 0 atom stereocenters. The zero-order valence-corrected chi connectivity index (χ0v) is 19.5. The summed E-state index contributed by atoms with van der Waals surface area (Å²) in [5.41, 5.74) is 7.30. The Labute approximate surface area is 200 Å². The number of benzene rings is 3. The van der Waals surface area contributed by atoms with E-state index in [0.29, 0.717) is 0 Å². The van der Waals surface area contributed by atoms with Gasteiger partial charge in [-0.3, -0.25) is 4.98 Å². The molecule has 3 aromatic carbocycles. The molecule has 0 saturated heterocycles. The third-order valence-electron chi connectivity index (χ3n) is 6.17. The number of nitrogens with zero attached hydrogens (tertiary/aromatic N) is 2. The van der Waals surface area contributed by atoms with Crippen molar-refractivity contribution in [2.45, 2.75) is 6.92 Å². The zero-order chi connectivity index (χ0) is 23.5. The van der Waals surface area contributed by atoms with E-state index >= 15 is 0 Å². The number of allylic oxidation sites excluding steroid dienone is 1. The molecule has 2 heterocycles. The Kier molecular flexibility index (Phi) is 5.84. The highest BCUT2D eigenvalue weighted by Gasteiger charge is 2.13. The fourth-order valence-electron chi connectivity index (χ4n) is 4.65. The molecular weight excluding hydrogens is 414 g/mol. The van der Waals surface area contributed by atoms with Crippen LogP contribution in [0.15, 0.2) is 104 Å². The summed E-state index contributed by atoms with van der Waals surface area (Å²) in [5, 5.41) is 6.94. The van der Waals surface area contributed by atoms with Gasteiger partial charge in [-0.1, -0.05) is 73.3 Å².